The molecule has 0 unspecified atom stereocenters. The molecule has 0 bridgehead atoms. The van der Waals surface area contributed by atoms with Gasteiger partial charge >= 0.3 is 0 Å². The standard InChI is InChI=1S/C16H19N3O3/c1-10-14(11(2)22-19-10)7-8-16(21)18-13-5-3-12(4-6-13)9-15(17)20/h3-6H,7-9H2,1-2H3,(H2,17,20)(H,18,21). The number of hydrogen-bond donors (Lipinski definition) is 2. The molecule has 0 fully saturated rings. The molecule has 0 spiro atoms. The molecule has 0 atom stereocenters. The van der Waals surface area contributed by atoms with Gasteiger partial charge in [0, 0.05) is 17.7 Å². The third kappa shape index (κ3) is 4.18. The van der Waals surface area contributed by atoms with Gasteiger partial charge in [0.2, 0.25) is 11.8 Å². The monoisotopic (exact) mass is 301 g/mol. The lowest BCUT2D eigenvalue weighted by Gasteiger charge is -2.06. The molecule has 22 heavy (non-hydrogen) atoms. The lowest BCUT2D eigenvalue weighted by molar-refractivity contribution is -0.117. The molecule has 1 aromatic carbocycles. The zero-order valence-corrected chi connectivity index (χ0v) is 12.7. The van der Waals surface area contributed by atoms with E-state index < -0.39 is 0 Å². The molecule has 116 valence electrons. The van der Waals surface area contributed by atoms with E-state index in [-0.39, 0.29) is 18.2 Å². The fourth-order valence-electron chi connectivity index (χ4n) is 2.23. The number of anilines is 1. The van der Waals surface area contributed by atoms with Crippen molar-refractivity contribution in [2.75, 3.05) is 5.32 Å². The molecule has 0 aliphatic rings. The van der Waals surface area contributed by atoms with Gasteiger partial charge in [-0.05, 0) is 38.0 Å². The van der Waals surface area contributed by atoms with Gasteiger partial charge in [-0.1, -0.05) is 17.3 Å². The average Bonchev–Trinajstić information content (AvgIpc) is 2.77. The first kappa shape index (κ1) is 15.8. The van der Waals surface area contributed by atoms with Gasteiger partial charge in [0.05, 0.1) is 12.1 Å². The molecular weight excluding hydrogens is 282 g/mol. The molecule has 0 aliphatic heterocycles. The first-order valence-corrected chi connectivity index (χ1v) is 7.04. The van der Waals surface area contributed by atoms with E-state index in [9.17, 15) is 9.59 Å². The van der Waals surface area contributed by atoms with Crippen LogP contribution in [0.4, 0.5) is 5.69 Å². The minimum atomic E-state index is -0.378. The predicted octanol–water partition coefficient (Wildman–Crippen LogP) is 1.89. The van der Waals surface area contributed by atoms with E-state index in [0.717, 1.165) is 22.6 Å². The number of amides is 2. The van der Waals surface area contributed by atoms with Crippen LogP contribution in [0.2, 0.25) is 0 Å². The Labute approximate surface area is 128 Å². The summed E-state index contributed by atoms with van der Waals surface area (Å²) in [6.45, 7) is 3.70. The highest BCUT2D eigenvalue weighted by Crippen LogP contribution is 2.15. The van der Waals surface area contributed by atoms with Crippen molar-refractivity contribution in [1.29, 1.82) is 0 Å². The molecule has 2 rings (SSSR count). The zero-order valence-electron chi connectivity index (χ0n) is 12.7. The topological polar surface area (TPSA) is 98.2 Å². The van der Waals surface area contributed by atoms with Crippen molar-refractivity contribution in [1.82, 2.24) is 5.16 Å². The maximum Gasteiger partial charge on any atom is 0.224 e. The maximum atomic E-state index is 12.0. The highest BCUT2D eigenvalue weighted by Gasteiger charge is 2.11. The first-order valence-electron chi connectivity index (χ1n) is 7.04. The number of nitrogens with one attached hydrogen (secondary N) is 1. The lowest BCUT2D eigenvalue weighted by atomic mass is 10.1. The molecule has 6 nitrogen and oxygen atoms in total. The largest absolute Gasteiger partial charge is 0.369 e. The van der Waals surface area contributed by atoms with Gasteiger partial charge in [0.1, 0.15) is 5.76 Å². The number of carbonyl (C=O) groups is 2. The third-order valence-corrected chi connectivity index (χ3v) is 3.40. The Kier molecular flexibility index (Phi) is 4.93. The second-order valence-corrected chi connectivity index (χ2v) is 5.19. The molecule has 0 saturated heterocycles. The Morgan fingerprint density at radius 1 is 1.23 bits per heavy atom. The highest BCUT2D eigenvalue weighted by atomic mass is 16.5. The van der Waals surface area contributed by atoms with Crippen molar-refractivity contribution in [2.45, 2.75) is 33.1 Å². The predicted molar refractivity (Wildman–Crippen MR) is 82.3 cm³/mol. The molecule has 6 heteroatoms. The number of aryl methyl sites for hydroxylation is 2. The van der Waals surface area contributed by atoms with Gasteiger partial charge in [-0.2, -0.15) is 0 Å². The molecule has 0 radical (unpaired) electrons. The van der Waals surface area contributed by atoms with Gasteiger partial charge in [-0.3, -0.25) is 9.59 Å². The SMILES string of the molecule is Cc1noc(C)c1CCC(=O)Nc1ccc(CC(N)=O)cc1. The summed E-state index contributed by atoms with van der Waals surface area (Å²) in [4.78, 5) is 22.8. The summed E-state index contributed by atoms with van der Waals surface area (Å²) in [7, 11) is 0. The van der Waals surface area contributed by atoms with Gasteiger partial charge in [-0.25, -0.2) is 0 Å². The van der Waals surface area contributed by atoms with Crippen LogP contribution >= 0.6 is 0 Å². The minimum absolute atomic E-state index is 0.0809. The normalized spacial score (nSPS) is 10.5. The van der Waals surface area contributed by atoms with Gasteiger partial charge in [-0.15, -0.1) is 0 Å². The van der Waals surface area contributed by atoms with Gasteiger partial charge in [0.25, 0.3) is 0 Å². The van der Waals surface area contributed by atoms with Crippen molar-refractivity contribution in [3.63, 3.8) is 0 Å². The molecule has 0 saturated carbocycles. The van der Waals surface area contributed by atoms with Gasteiger partial charge in [0.15, 0.2) is 0 Å². The van der Waals surface area contributed by atoms with E-state index in [1.807, 2.05) is 13.8 Å². The molecule has 1 heterocycles. The molecular formula is C16H19N3O3. The lowest BCUT2D eigenvalue weighted by Crippen LogP contribution is -2.14. The Hall–Kier alpha value is -2.63. The Morgan fingerprint density at radius 2 is 1.91 bits per heavy atom. The Balaban J connectivity index is 1.88. The minimum Gasteiger partial charge on any atom is -0.369 e. The molecule has 3 N–H and O–H groups in total. The van der Waals surface area contributed by atoms with E-state index in [4.69, 9.17) is 10.3 Å². The summed E-state index contributed by atoms with van der Waals surface area (Å²) in [6.07, 6.45) is 1.14. The number of primary amides is 1. The summed E-state index contributed by atoms with van der Waals surface area (Å²) in [5, 5.41) is 6.68. The van der Waals surface area contributed by atoms with Crippen LogP contribution in [0, 0.1) is 13.8 Å². The molecule has 2 aromatic rings. The van der Waals surface area contributed by atoms with E-state index >= 15 is 0 Å². The first-order chi connectivity index (χ1) is 10.5. The van der Waals surface area contributed by atoms with Crippen molar-refractivity contribution in [2.24, 2.45) is 5.73 Å². The summed E-state index contributed by atoms with van der Waals surface area (Å²) in [5.41, 5.74) is 8.44. The second kappa shape index (κ2) is 6.89. The van der Waals surface area contributed by atoms with Crippen LogP contribution in [-0.4, -0.2) is 17.0 Å². The average molecular weight is 301 g/mol. The molecule has 0 aliphatic carbocycles. The second-order valence-electron chi connectivity index (χ2n) is 5.19. The third-order valence-electron chi connectivity index (χ3n) is 3.40. The van der Waals surface area contributed by atoms with E-state index in [1.165, 1.54) is 0 Å². The van der Waals surface area contributed by atoms with Gasteiger partial charge < -0.3 is 15.6 Å². The number of rotatable bonds is 6. The number of aromatic nitrogens is 1. The van der Waals surface area contributed by atoms with E-state index in [1.54, 1.807) is 24.3 Å². The van der Waals surface area contributed by atoms with Crippen LogP contribution in [0.25, 0.3) is 0 Å². The Morgan fingerprint density at radius 3 is 2.45 bits per heavy atom. The fourth-order valence-corrected chi connectivity index (χ4v) is 2.23. The summed E-state index contributed by atoms with van der Waals surface area (Å²) in [5.74, 6) is 0.292. The van der Waals surface area contributed by atoms with Crippen LogP contribution < -0.4 is 11.1 Å². The maximum absolute atomic E-state index is 12.0. The summed E-state index contributed by atoms with van der Waals surface area (Å²) < 4.78 is 5.07. The Bertz CT molecular complexity index is 655. The molecule has 1 aromatic heterocycles. The smallest absolute Gasteiger partial charge is 0.224 e. The van der Waals surface area contributed by atoms with Crippen LogP contribution in [0.5, 0.6) is 0 Å². The van der Waals surface area contributed by atoms with E-state index in [2.05, 4.69) is 10.5 Å². The highest BCUT2D eigenvalue weighted by molar-refractivity contribution is 5.90. The van der Waals surface area contributed by atoms with Crippen molar-refractivity contribution in [3.8, 4) is 0 Å². The summed E-state index contributed by atoms with van der Waals surface area (Å²) in [6, 6.07) is 7.06. The van der Waals surface area contributed by atoms with E-state index in [0.29, 0.717) is 18.5 Å². The number of benzene rings is 1. The fraction of sp³-hybridized carbons (Fsp3) is 0.312. The number of hydrogen-bond acceptors (Lipinski definition) is 4. The zero-order chi connectivity index (χ0) is 16.1. The van der Waals surface area contributed by atoms with Crippen molar-refractivity contribution >= 4 is 17.5 Å². The number of nitrogens with two attached hydrogens (primary N) is 1. The quantitative estimate of drug-likeness (QED) is 0.851. The van der Waals surface area contributed by atoms with Crippen LogP contribution in [-0.2, 0) is 22.4 Å². The van der Waals surface area contributed by atoms with Crippen LogP contribution in [0.15, 0.2) is 28.8 Å². The van der Waals surface area contributed by atoms with Crippen LogP contribution in [0.3, 0.4) is 0 Å². The summed E-state index contributed by atoms with van der Waals surface area (Å²) >= 11 is 0. The van der Waals surface area contributed by atoms with Crippen molar-refractivity contribution in [3.05, 3.63) is 46.8 Å². The number of nitrogens with zero attached hydrogens (tertiary/aromatic N) is 1. The van der Waals surface area contributed by atoms with Crippen molar-refractivity contribution < 1.29 is 14.1 Å². The van der Waals surface area contributed by atoms with Crippen LogP contribution in [0.1, 0.15) is 29.0 Å². The number of carbonyl (C=O) groups excluding carboxylic acids is 2. The molecule has 2 amide bonds.